The lowest BCUT2D eigenvalue weighted by atomic mass is 9.72. The summed E-state index contributed by atoms with van der Waals surface area (Å²) < 4.78 is 4.63. The van der Waals surface area contributed by atoms with Crippen LogP contribution in [0.3, 0.4) is 0 Å². The van der Waals surface area contributed by atoms with Gasteiger partial charge in [-0.15, -0.1) is 0 Å². The number of aromatic nitrogens is 1. The fraction of sp³-hybridized carbons (Fsp3) is 0.409. The normalized spacial score (nSPS) is 19.4. The van der Waals surface area contributed by atoms with Crippen LogP contribution >= 0.6 is 0 Å². The number of allylic oxidation sites excluding steroid dienone is 9. The van der Waals surface area contributed by atoms with Gasteiger partial charge in [0, 0.05) is 0 Å². The third-order valence-electron chi connectivity index (χ3n) is 4.73. The molecular weight excluding hydrogens is 310 g/mol. The minimum absolute atomic E-state index is 0.152. The van der Waals surface area contributed by atoms with Crippen molar-refractivity contribution in [3.8, 4) is 5.95 Å². The first-order valence-corrected chi connectivity index (χ1v) is 8.85. The summed E-state index contributed by atoms with van der Waals surface area (Å²) in [6, 6.07) is 0. The van der Waals surface area contributed by atoms with Crippen molar-refractivity contribution in [1.82, 2.24) is 5.16 Å². The fourth-order valence-corrected chi connectivity index (χ4v) is 3.27. The van der Waals surface area contributed by atoms with E-state index in [9.17, 15) is 5.11 Å². The lowest BCUT2D eigenvalue weighted by molar-refractivity contribution is 0.277. The highest BCUT2D eigenvalue weighted by molar-refractivity contribution is 5.57. The summed E-state index contributed by atoms with van der Waals surface area (Å²) in [6.45, 7) is 11.0. The van der Waals surface area contributed by atoms with Gasteiger partial charge in [0.15, 0.2) is 0 Å². The second-order valence-corrected chi connectivity index (χ2v) is 7.51. The Kier molecular flexibility index (Phi) is 6.24. The third kappa shape index (κ3) is 5.35. The number of rotatable bonds is 5. The molecule has 0 saturated carbocycles. The molecule has 25 heavy (non-hydrogen) atoms. The fourth-order valence-electron chi connectivity index (χ4n) is 3.27. The Morgan fingerprint density at radius 3 is 2.64 bits per heavy atom. The van der Waals surface area contributed by atoms with Crippen molar-refractivity contribution >= 4 is 6.08 Å². The molecule has 0 aliphatic heterocycles. The van der Waals surface area contributed by atoms with Gasteiger partial charge in [-0.25, -0.2) is 0 Å². The van der Waals surface area contributed by atoms with Crippen LogP contribution in [0.25, 0.3) is 6.08 Å². The van der Waals surface area contributed by atoms with E-state index in [1.807, 2.05) is 25.2 Å². The van der Waals surface area contributed by atoms with Crippen molar-refractivity contribution in [3.63, 3.8) is 0 Å². The van der Waals surface area contributed by atoms with E-state index in [4.69, 9.17) is 0 Å². The van der Waals surface area contributed by atoms with E-state index in [1.165, 1.54) is 42.2 Å². The van der Waals surface area contributed by atoms with E-state index in [2.05, 4.69) is 55.6 Å². The van der Waals surface area contributed by atoms with Gasteiger partial charge < -0.3 is 9.63 Å². The maximum atomic E-state index is 9.45. The molecule has 0 aromatic carbocycles. The van der Waals surface area contributed by atoms with E-state index in [0.29, 0.717) is 5.56 Å². The van der Waals surface area contributed by atoms with Crippen LogP contribution in [0.1, 0.15) is 59.4 Å². The first-order chi connectivity index (χ1) is 11.8. The summed E-state index contributed by atoms with van der Waals surface area (Å²) in [7, 11) is 0. The zero-order valence-corrected chi connectivity index (χ0v) is 16.0. The molecule has 1 aromatic heterocycles. The van der Waals surface area contributed by atoms with Crippen molar-refractivity contribution in [2.75, 3.05) is 0 Å². The van der Waals surface area contributed by atoms with Crippen LogP contribution in [0.2, 0.25) is 0 Å². The molecule has 1 heterocycles. The van der Waals surface area contributed by atoms with E-state index in [0.717, 1.165) is 5.57 Å². The Hall–Kier alpha value is -2.29. The lowest BCUT2D eigenvalue weighted by Gasteiger charge is -2.32. The summed E-state index contributed by atoms with van der Waals surface area (Å²) in [6.07, 6.45) is 17.7. The zero-order chi connectivity index (χ0) is 18.4. The predicted molar refractivity (Wildman–Crippen MR) is 104 cm³/mol. The summed E-state index contributed by atoms with van der Waals surface area (Å²) in [5.41, 5.74) is 6.08. The van der Waals surface area contributed by atoms with Crippen LogP contribution in [0, 0.1) is 5.41 Å². The van der Waals surface area contributed by atoms with Gasteiger partial charge in [0.25, 0.3) is 0 Å². The maximum absolute atomic E-state index is 9.45. The van der Waals surface area contributed by atoms with Gasteiger partial charge in [0.05, 0.1) is 11.8 Å². The molecule has 3 heteroatoms. The van der Waals surface area contributed by atoms with Gasteiger partial charge in [0.1, 0.15) is 0 Å². The van der Waals surface area contributed by atoms with Gasteiger partial charge in [-0.05, 0) is 57.1 Å². The summed E-state index contributed by atoms with van der Waals surface area (Å²) in [5.74, 6) is -0.152. The SMILES string of the molecule is CC1=C(/C=C/C(C)=C/C=C/C(C)=C/c2cnoc2O)C(C)(C)CCC1. The molecule has 1 aliphatic rings. The van der Waals surface area contributed by atoms with Gasteiger partial charge in [0.2, 0.25) is 0 Å². The molecule has 2 rings (SSSR count). The zero-order valence-electron chi connectivity index (χ0n) is 16.0. The average Bonchev–Trinajstić information content (AvgIpc) is 2.91. The second-order valence-electron chi connectivity index (χ2n) is 7.51. The smallest absolute Gasteiger partial charge is 0.316 e. The molecule has 0 saturated heterocycles. The highest BCUT2D eigenvalue weighted by atomic mass is 16.5. The summed E-state index contributed by atoms with van der Waals surface area (Å²) >= 11 is 0. The van der Waals surface area contributed by atoms with E-state index < -0.39 is 0 Å². The molecule has 0 fully saturated rings. The maximum Gasteiger partial charge on any atom is 0.316 e. The minimum atomic E-state index is -0.152. The van der Waals surface area contributed by atoms with Crippen molar-refractivity contribution in [2.24, 2.45) is 5.41 Å². The van der Waals surface area contributed by atoms with Crippen LogP contribution in [-0.2, 0) is 0 Å². The van der Waals surface area contributed by atoms with Gasteiger partial charge in [-0.2, -0.15) is 0 Å². The van der Waals surface area contributed by atoms with Crippen molar-refractivity contribution in [2.45, 2.75) is 53.9 Å². The molecule has 134 valence electrons. The quantitative estimate of drug-likeness (QED) is 0.634. The Bertz CT molecular complexity index is 755. The molecule has 1 aromatic rings. The van der Waals surface area contributed by atoms with Gasteiger partial charge >= 0.3 is 5.95 Å². The van der Waals surface area contributed by atoms with Crippen molar-refractivity contribution in [1.29, 1.82) is 0 Å². The van der Waals surface area contributed by atoms with Gasteiger partial charge in [-0.1, -0.05) is 66.1 Å². The molecule has 3 nitrogen and oxygen atoms in total. The average molecular weight is 339 g/mol. The molecule has 0 spiro atoms. The highest BCUT2D eigenvalue weighted by Gasteiger charge is 2.26. The molecule has 1 N–H and O–H groups in total. The molecular formula is C22H29NO2. The Labute approximate surface area is 151 Å². The Morgan fingerprint density at radius 1 is 1.24 bits per heavy atom. The number of hydrogen-bond acceptors (Lipinski definition) is 3. The number of hydrogen-bond donors (Lipinski definition) is 1. The third-order valence-corrected chi connectivity index (χ3v) is 4.73. The summed E-state index contributed by atoms with van der Waals surface area (Å²) in [4.78, 5) is 0. The van der Waals surface area contributed by atoms with Gasteiger partial charge in [-0.3, -0.25) is 0 Å². The molecule has 1 aliphatic carbocycles. The van der Waals surface area contributed by atoms with Crippen LogP contribution in [0.5, 0.6) is 5.95 Å². The molecule has 0 bridgehead atoms. The topological polar surface area (TPSA) is 46.3 Å². The molecule has 0 amide bonds. The largest absolute Gasteiger partial charge is 0.479 e. The monoisotopic (exact) mass is 339 g/mol. The highest BCUT2D eigenvalue weighted by Crippen LogP contribution is 2.40. The van der Waals surface area contributed by atoms with Crippen LogP contribution in [0.15, 0.2) is 63.4 Å². The van der Waals surface area contributed by atoms with Crippen molar-refractivity contribution in [3.05, 3.63) is 64.4 Å². The number of aromatic hydroxyl groups is 1. The lowest BCUT2D eigenvalue weighted by Crippen LogP contribution is -2.19. The Balaban J connectivity index is 2.04. The van der Waals surface area contributed by atoms with E-state index in [-0.39, 0.29) is 11.4 Å². The predicted octanol–water partition coefficient (Wildman–Crippen LogP) is 6.37. The molecule has 0 unspecified atom stereocenters. The Morgan fingerprint density at radius 2 is 2.00 bits per heavy atom. The first kappa shape index (κ1) is 19.0. The van der Waals surface area contributed by atoms with Crippen LogP contribution in [0.4, 0.5) is 0 Å². The van der Waals surface area contributed by atoms with E-state index in [1.54, 1.807) is 0 Å². The second kappa shape index (κ2) is 8.19. The molecule has 0 atom stereocenters. The van der Waals surface area contributed by atoms with E-state index >= 15 is 0 Å². The summed E-state index contributed by atoms with van der Waals surface area (Å²) in [5, 5.41) is 13.0. The van der Waals surface area contributed by atoms with Crippen molar-refractivity contribution < 1.29 is 9.63 Å². The van der Waals surface area contributed by atoms with Crippen LogP contribution < -0.4 is 0 Å². The first-order valence-electron chi connectivity index (χ1n) is 8.85. The number of nitrogens with zero attached hydrogens (tertiary/aromatic N) is 1. The minimum Gasteiger partial charge on any atom is -0.479 e. The standard InChI is InChI=1S/C22H29NO2/c1-16(11-12-20-18(3)10-7-13-22(20,4)5)8-6-9-17(2)14-19-15-23-25-21(19)24/h6,8-9,11-12,14-15,24H,7,10,13H2,1-5H3/b9-6+,12-11+,16-8+,17-14+. The molecule has 0 radical (unpaired) electrons. The van der Waals surface area contributed by atoms with Crippen LogP contribution in [-0.4, -0.2) is 10.3 Å².